The second kappa shape index (κ2) is 10.7. The number of aliphatic hydroxyl groups excluding tert-OH is 1. The van der Waals surface area contributed by atoms with E-state index in [4.69, 9.17) is 4.74 Å². The van der Waals surface area contributed by atoms with Gasteiger partial charge in [0.25, 0.3) is 11.7 Å². The van der Waals surface area contributed by atoms with Crippen LogP contribution in [0.2, 0.25) is 0 Å². The number of ether oxygens (including phenoxy) is 1. The van der Waals surface area contributed by atoms with E-state index >= 15 is 0 Å². The summed E-state index contributed by atoms with van der Waals surface area (Å²) in [4.78, 5) is 30.0. The lowest BCUT2D eigenvalue weighted by Gasteiger charge is -2.28. The first kappa shape index (κ1) is 24.5. The zero-order valence-corrected chi connectivity index (χ0v) is 20.2. The summed E-state index contributed by atoms with van der Waals surface area (Å²) in [5.74, 6) is -0.665. The molecular weight excluding hydrogens is 416 g/mol. The lowest BCUT2D eigenvalue weighted by atomic mass is 9.95. The first-order valence-electron chi connectivity index (χ1n) is 11.6. The van der Waals surface area contributed by atoms with Crippen molar-refractivity contribution in [3.63, 3.8) is 0 Å². The van der Waals surface area contributed by atoms with E-state index in [1.807, 2.05) is 57.2 Å². The highest BCUT2D eigenvalue weighted by atomic mass is 16.5. The molecule has 6 heteroatoms. The Kier molecular flexibility index (Phi) is 7.92. The first-order valence-corrected chi connectivity index (χ1v) is 11.6. The van der Waals surface area contributed by atoms with Crippen molar-refractivity contribution in [2.24, 2.45) is 0 Å². The molecule has 176 valence electrons. The Morgan fingerprint density at radius 1 is 1.03 bits per heavy atom. The molecule has 0 spiro atoms. The fraction of sp³-hybridized carbons (Fsp3) is 0.407. The number of benzene rings is 2. The van der Waals surface area contributed by atoms with Crippen LogP contribution in [0.5, 0.6) is 5.75 Å². The van der Waals surface area contributed by atoms with Gasteiger partial charge in [-0.3, -0.25) is 9.59 Å². The van der Waals surface area contributed by atoms with Gasteiger partial charge in [-0.2, -0.15) is 0 Å². The minimum Gasteiger partial charge on any atom is -0.507 e. The molecule has 3 rings (SSSR count). The minimum atomic E-state index is -0.657. The van der Waals surface area contributed by atoms with Crippen molar-refractivity contribution in [2.45, 2.75) is 46.8 Å². The van der Waals surface area contributed by atoms with E-state index in [0.717, 1.165) is 24.2 Å². The Morgan fingerprint density at radius 2 is 1.64 bits per heavy atom. The molecule has 0 aliphatic carbocycles. The predicted molar refractivity (Wildman–Crippen MR) is 130 cm³/mol. The summed E-state index contributed by atoms with van der Waals surface area (Å²) in [5.41, 5.74) is 2.45. The number of aryl methyl sites for hydroxylation is 1. The van der Waals surface area contributed by atoms with E-state index in [0.29, 0.717) is 24.4 Å². The molecule has 0 unspecified atom stereocenters. The van der Waals surface area contributed by atoms with Gasteiger partial charge in [0.2, 0.25) is 0 Å². The highest BCUT2D eigenvalue weighted by Crippen LogP contribution is 2.39. The maximum Gasteiger partial charge on any atom is 0.295 e. The van der Waals surface area contributed by atoms with Crippen LogP contribution in [0, 0.1) is 6.92 Å². The van der Waals surface area contributed by atoms with Gasteiger partial charge < -0.3 is 19.6 Å². The van der Waals surface area contributed by atoms with E-state index in [1.54, 1.807) is 17.0 Å². The minimum absolute atomic E-state index is 0.0390. The first-order chi connectivity index (χ1) is 15.8. The third kappa shape index (κ3) is 5.45. The summed E-state index contributed by atoms with van der Waals surface area (Å²) in [7, 11) is 0. The zero-order chi connectivity index (χ0) is 24.1. The van der Waals surface area contributed by atoms with Crippen LogP contribution in [0.15, 0.2) is 54.1 Å². The smallest absolute Gasteiger partial charge is 0.295 e. The Bertz CT molecular complexity index is 1010. The largest absolute Gasteiger partial charge is 0.507 e. The highest BCUT2D eigenvalue weighted by molar-refractivity contribution is 6.46. The van der Waals surface area contributed by atoms with Crippen LogP contribution in [-0.4, -0.2) is 58.9 Å². The van der Waals surface area contributed by atoms with E-state index in [9.17, 15) is 14.7 Å². The molecular formula is C27H34N2O4. The number of aliphatic hydroxyl groups is 1. The van der Waals surface area contributed by atoms with Crippen LogP contribution in [0.4, 0.5) is 0 Å². The van der Waals surface area contributed by atoms with E-state index in [-0.39, 0.29) is 17.4 Å². The fourth-order valence-corrected chi connectivity index (χ4v) is 4.11. The van der Waals surface area contributed by atoms with Crippen LogP contribution in [0.3, 0.4) is 0 Å². The van der Waals surface area contributed by atoms with Crippen LogP contribution in [0.25, 0.3) is 5.76 Å². The second-order valence-electron chi connectivity index (χ2n) is 8.62. The standard InChI is InChI=1S/C27H34N2O4/c1-6-28(7-2)16-17-29-24(20-12-14-22(15-13-20)33-18(3)4)23(26(31)27(29)32)25(30)21-10-8-19(5)9-11-21/h8-15,18,24,30H,6-7,16-17H2,1-5H3/b25-23+/t24-/m1/s1. The average Bonchev–Trinajstić information content (AvgIpc) is 3.05. The molecule has 2 aromatic carbocycles. The molecule has 1 amide bonds. The molecule has 1 atom stereocenters. The van der Waals surface area contributed by atoms with Crippen molar-refractivity contribution in [1.82, 2.24) is 9.80 Å². The number of amides is 1. The van der Waals surface area contributed by atoms with Gasteiger partial charge in [0.15, 0.2) is 0 Å². The molecule has 0 bridgehead atoms. The van der Waals surface area contributed by atoms with Gasteiger partial charge in [-0.15, -0.1) is 0 Å². The van der Waals surface area contributed by atoms with Gasteiger partial charge in [0.1, 0.15) is 11.5 Å². The van der Waals surface area contributed by atoms with Gasteiger partial charge in [-0.1, -0.05) is 55.8 Å². The summed E-state index contributed by atoms with van der Waals surface area (Å²) < 4.78 is 5.75. The number of Topliss-reactive ketones (excluding diaryl/α,β-unsaturated/α-hetero) is 1. The van der Waals surface area contributed by atoms with Crippen molar-refractivity contribution in [3.05, 3.63) is 70.8 Å². The average molecular weight is 451 g/mol. The summed E-state index contributed by atoms with van der Waals surface area (Å²) in [6.07, 6.45) is 0.0390. The van der Waals surface area contributed by atoms with Gasteiger partial charge in [0.05, 0.1) is 17.7 Å². The van der Waals surface area contributed by atoms with Crippen molar-refractivity contribution in [2.75, 3.05) is 26.2 Å². The van der Waals surface area contributed by atoms with E-state index in [2.05, 4.69) is 18.7 Å². The molecule has 1 heterocycles. The molecule has 0 aromatic heterocycles. The van der Waals surface area contributed by atoms with Crippen LogP contribution >= 0.6 is 0 Å². The van der Waals surface area contributed by atoms with Gasteiger partial charge in [-0.05, 0) is 51.6 Å². The number of hydrogen-bond acceptors (Lipinski definition) is 5. The predicted octanol–water partition coefficient (Wildman–Crippen LogP) is 4.55. The Hall–Kier alpha value is -3.12. The molecule has 0 radical (unpaired) electrons. The maximum absolute atomic E-state index is 13.1. The van der Waals surface area contributed by atoms with Gasteiger partial charge in [0, 0.05) is 18.7 Å². The van der Waals surface area contributed by atoms with Crippen LogP contribution in [-0.2, 0) is 9.59 Å². The topological polar surface area (TPSA) is 70.1 Å². The van der Waals surface area contributed by atoms with Crippen molar-refractivity contribution in [3.8, 4) is 5.75 Å². The fourth-order valence-electron chi connectivity index (χ4n) is 4.11. The number of carbonyl (C=O) groups is 2. The molecule has 1 fully saturated rings. The van der Waals surface area contributed by atoms with Crippen LogP contribution < -0.4 is 4.74 Å². The van der Waals surface area contributed by atoms with Crippen LogP contribution in [0.1, 0.15) is 50.4 Å². The number of hydrogen-bond donors (Lipinski definition) is 1. The van der Waals surface area contributed by atoms with E-state index < -0.39 is 17.7 Å². The lowest BCUT2D eigenvalue weighted by molar-refractivity contribution is -0.140. The molecule has 0 saturated carbocycles. The Morgan fingerprint density at radius 3 is 2.18 bits per heavy atom. The number of likely N-dealkylation sites (tertiary alicyclic amines) is 1. The molecule has 1 saturated heterocycles. The van der Waals surface area contributed by atoms with Gasteiger partial charge in [-0.25, -0.2) is 0 Å². The van der Waals surface area contributed by atoms with Crippen molar-refractivity contribution in [1.29, 1.82) is 0 Å². The summed E-state index contributed by atoms with van der Waals surface area (Å²) in [6, 6.07) is 14.0. The molecule has 1 aliphatic heterocycles. The molecule has 1 aliphatic rings. The molecule has 1 N–H and O–H groups in total. The Labute approximate surface area is 196 Å². The van der Waals surface area contributed by atoms with E-state index in [1.165, 1.54) is 0 Å². The molecule has 2 aromatic rings. The number of ketones is 1. The maximum atomic E-state index is 13.1. The highest BCUT2D eigenvalue weighted by Gasteiger charge is 2.45. The monoisotopic (exact) mass is 450 g/mol. The molecule has 6 nitrogen and oxygen atoms in total. The normalized spacial score (nSPS) is 17.9. The summed E-state index contributed by atoms with van der Waals surface area (Å²) >= 11 is 0. The summed E-state index contributed by atoms with van der Waals surface area (Å²) in [6.45, 7) is 12.8. The van der Waals surface area contributed by atoms with Crippen molar-refractivity contribution >= 4 is 17.4 Å². The third-order valence-electron chi connectivity index (χ3n) is 5.98. The number of rotatable bonds is 9. The SMILES string of the molecule is CCN(CC)CCN1C(=O)C(=O)/C(=C(/O)c2ccc(C)cc2)[C@H]1c1ccc(OC(C)C)cc1. The number of carbonyl (C=O) groups excluding carboxylic acids is 2. The third-order valence-corrected chi connectivity index (χ3v) is 5.98. The summed E-state index contributed by atoms with van der Waals surface area (Å²) in [5, 5.41) is 11.1. The number of nitrogens with zero attached hydrogens (tertiary/aromatic N) is 2. The van der Waals surface area contributed by atoms with Gasteiger partial charge >= 0.3 is 0 Å². The quantitative estimate of drug-likeness (QED) is 0.345. The zero-order valence-electron chi connectivity index (χ0n) is 20.2. The van der Waals surface area contributed by atoms with Crippen molar-refractivity contribution < 1.29 is 19.4 Å². The number of likely N-dealkylation sites (N-methyl/N-ethyl adjacent to an activating group) is 1. The second-order valence-corrected chi connectivity index (χ2v) is 8.62. The lowest BCUT2D eigenvalue weighted by Crippen LogP contribution is -2.38. The Balaban J connectivity index is 2.06. The molecule has 33 heavy (non-hydrogen) atoms.